The summed E-state index contributed by atoms with van der Waals surface area (Å²) in [7, 11) is -3.35. The Kier molecular flexibility index (Phi) is 5.38. The first-order valence-electron chi connectivity index (χ1n) is 7.39. The molecule has 13 heteroatoms. The molecule has 1 aliphatic rings. The largest absolute Gasteiger partial charge is 0.394 e. The molecule has 2 unspecified atom stereocenters. The summed E-state index contributed by atoms with van der Waals surface area (Å²) in [5.41, 5.74) is 5.15. The van der Waals surface area contributed by atoms with Crippen molar-refractivity contribution in [2.24, 2.45) is 0 Å². The zero-order valence-corrected chi connectivity index (χ0v) is 14.2. The Balaban J connectivity index is 2.06. The minimum atomic E-state index is -3.35. The molecule has 0 radical (unpaired) electrons. The van der Waals surface area contributed by atoms with Crippen molar-refractivity contribution in [3.63, 3.8) is 0 Å². The summed E-state index contributed by atoms with van der Waals surface area (Å²) in [6.07, 6.45) is 2.49. The number of fused-ring (bicyclic) bond motifs is 1. The second kappa shape index (κ2) is 7.55. The van der Waals surface area contributed by atoms with Crippen molar-refractivity contribution >= 4 is 25.4 Å². The highest BCUT2D eigenvalue weighted by Crippen LogP contribution is 2.38. The molecule has 2 aromatic heterocycles. The molecule has 0 amide bonds. The van der Waals surface area contributed by atoms with Crippen LogP contribution in [0.15, 0.2) is 11.1 Å². The lowest BCUT2D eigenvalue weighted by molar-refractivity contribution is -0.0635. The van der Waals surface area contributed by atoms with Gasteiger partial charge in [-0.2, -0.15) is 4.98 Å². The summed E-state index contributed by atoms with van der Waals surface area (Å²) in [6, 6.07) is 0. The van der Waals surface area contributed by atoms with E-state index in [0.29, 0.717) is 0 Å². The van der Waals surface area contributed by atoms with Gasteiger partial charge >= 0.3 is 8.25 Å². The first kappa shape index (κ1) is 18.5. The van der Waals surface area contributed by atoms with Gasteiger partial charge in [-0.05, 0) is 0 Å². The van der Waals surface area contributed by atoms with Crippen LogP contribution in [-0.2, 0) is 18.6 Å². The minimum absolute atomic E-state index is 0.0131. The van der Waals surface area contributed by atoms with E-state index in [0.717, 1.165) is 0 Å². The Morgan fingerprint density at radius 1 is 1.54 bits per heavy atom. The van der Waals surface area contributed by atoms with Gasteiger partial charge in [-0.25, -0.2) is 4.98 Å². The minimum Gasteiger partial charge on any atom is -0.394 e. The van der Waals surface area contributed by atoms with Crippen molar-refractivity contribution < 1.29 is 28.6 Å². The van der Waals surface area contributed by atoms with Crippen molar-refractivity contribution in [3.05, 3.63) is 16.7 Å². The average Bonchev–Trinajstić information content (AvgIpc) is 3.14. The number of hydrogen-bond acceptors (Lipinski definition) is 9. The van der Waals surface area contributed by atoms with Crippen LogP contribution in [0.4, 0.5) is 5.95 Å². The van der Waals surface area contributed by atoms with Gasteiger partial charge in [0, 0.05) is 0 Å². The Morgan fingerprint density at radius 2 is 2.31 bits per heavy atom. The van der Waals surface area contributed by atoms with Crippen LogP contribution in [0.1, 0.15) is 6.23 Å². The van der Waals surface area contributed by atoms with Crippen molar-refractivity contribution in [1.29, 1.82) is 0 Å². The number of nitrogens with two attached hydrogens (primary N) is 1. The molecule has 0 aromatic carbocycles. The highest BCUT2D eigenvalue weighted by molar-refractivity contribution is 7.32. The third-order valence-corrected chi connectivity index (χ3v) is 4.26. The molecule has 12 nitrogen and oxygen atoms in total. The second-order valence-corrected chi connectivity index (χ2v) is 6.12. The number of anilines is 1. The number of nitrogens with zero attached hydrogens (tertiary/aromatic N) is 3. The predicted molar refractivity (Wildman–Crippen MR) is 88.2 cm³/mol. The van der Waals surface area contributed by atoms with E-state index in [-0.39, 0.29) is 23.7 Å². The van der Waals surface area contributed by atoms with Crippen molar-refractivity contribution in [1.82, 2.24) is 19.5 Å². The van der Waals surface area contributed by atoms with E-state index in [1.807, 2.05) is 0 Å². The first-order chi connectivity index (χ1) is 12.5. The zero-order valence-electron chi connectivity index (χ0n) is 13.2. The molecular weight excluding hydrogens is 369 g/mol. The van der Waals surface area contributed by atoms with E-state index in [4.69, 9.17) is 31.0 Å². The molecule has 5 N–H and O–H groups in total. The molecule has 0 bridgehead atoms. The van der Waals surface area contributed by atoms with Gasteiger partial charge in [0.15, 0.2) is 17.4 Å². The van der Waals surface area contributed by atoms with Crippen LogP contribution in [0.2, 0.25) is 0 Å². The lowest BCUT2D eigenvalue weighted by atomic mass is 10.1. The fourth-order valence-electron chi connectivity index (χ4n) is 2.79. The SMILES string of the molecule is C#CCO[C@H]1C(O[PH](=O)O)[C@@H](CO)O[C@H]1n1cnc2c(=O)[nH]c(N)nc21. The Bertz CT molecular complexity index is 922. The third kappa shape index (κ3) is 3.36. The van der Waals surface area contributed by atoms with Crippen LogP contribution in [0, 0.1) is 12.3 Å². The quantitative estimate of drug-likeness (QED) is 0.334. The van der Waals surface area contributed by atoms with Crippen LogP contribution < -0.4 is 11.3 Å². The highest BCUT2D eigenvalue weighted by atomic mass is 31.1. The summed E-state index contributed by atoms with van der Waals surface area (Å²) in [5, 5.41) is 9.52. The molecule has 0 saturated carbocycles. The number of imidazole rings is 1. The molecule has 3 heterocycles. The molecule has 0 aliphatic carbocycles. The van der Waals surface area contributed by atoms with Gasteiger partial charge in [0.2, 0.25) is 5.95 Å². The van der Waals surface area contributed by atoms with Crippen LogP contribution in [0.3, 0.4) is 0 Å². The normalized spacial score (nSPS) is 26.8. The molecule has 140 valence electrons. The van der Waals surface area contributed by atoms with E-state index < -0.39 is 45.0 Å². The molecule has 5 atom stereocenters. The molecule has 1 fully saturated rings. The predicted octanol–water partition coefficient (Wildman–Crippen LogP) is -1.62. The van der Waals surface area contributed by atoms with Gasteiger partial charge in [0.05, 0.1) is 12.9 Å². The van der Waals surface area contributed by atoms with Gasteiger partial charge in [-0.3, -0.25) is 18.9 Å². The molecular formula is C13H16N5O7P. The number of aliphatic hydroxyl groups excluding tert-OH is 1. The summed E-state index contributed by atoms with van der Waals surface area (Å²) in [4.78, 5) is 31.4. The molecule has 1 aliphatic heterocycles. The van der Waals surface area contributed by atoms with Gasteiger partial charge < -0.3 is 29.7 Å². The van der Waals surface area contributed by atoms with Crippen molar-refractivity contribution in [2.75, 3.05) is 18.9 Å². The zero-order chi connectivity index (χ0) is 18.8. The Hall–Kier alpha value is -2.26. The van der Waals surface area contributed by atoms with E-state index in [1.165, 1.54) is 10.9 Å². The summed E-state index contributed by atoms with van der Waals surface area (Å²) in [5.74, 6) is 2.15. The van der Waals surface area contributed by atoms with Crippen LogP contribution in [0.25, 0.3) is 11.2 Å². The van der Waals surface area contributed by atoms with Gasteiger partial charge in [-0.1, -0.05) is 5.92 Å². The first-order valence-corrected chi connectivity index (χ1v) is 8.66. The van der Waals surface area contributed by atoms with Crippen LogP contribution >= 0.6 is 8.25 Å². The Labute approximate surface area is 146 Å². The molecule has 1 saturated heterocycles. The maximum absolute atomic E-state index is 11.9. The number of ether oxygens (including phenoxy) is 2. The Morgan fingerprint density at radius 3 is 2.96 bits per heavy atom. The number of hydrogen-bond donors (Lipinski definition) is 4. The molecule has 3 rings (SSSR count). The fraction of sp³-hybridized carbons (Fsp3) is 0.462. The number of aliphatic hydroxyl groups is 1. The standard InChI is InChI=1S/C13H16N5O7P/c1-2-3-23-9-8(25-26(21)22)6(4-19)24-12(9)18-5-15-7-10(18)16-13(14)17-11(7)20/h1,5-6,8-9,12,19,26H,3-4H2,(H,21,22)(H3,14,16,17,20)/t6-,8?,9+,12-/m1/s1. The molecule has 0 spiro atoms. The second-order valence-electron chi connectivity index (χ2n) is 5.35. The number of H-pyrrole nitrogens is 1. The third-order valence-electron chi connectivity index (χ3n) is 3.79. The lowest BCUT2D eigenvalue weighted by Crippen LogP contribution is -2.36. The van der Waals surface area contributed by atoms with Gasteiger partial charge in [-0.15, -0.1) is 6.42 Å². The summed E-state index contributed by atoms with van der Waals surface area (Å²) >= 11 is 0. The van der Waals surface area contributed by atoms with Crippen LogP contribution in [0.5, 0.6) is 0 Å². The van der Waals surface area contributed by atoms with E-state index >= 15 is 0 Å². The fourth-order valence-corrected chi connectivity index (χ4v) is 3.31. The number of nitrogen functional groups attached to an aromatic ring is 1. The van der Waals surface area contributed by atoms with E-state index in [2.05, 4.69) is 20.9 Å². The topological polar surface area (TPSA) is 175 Å². The lowest BCUT2D eigenvalue weighted by Gasteiger charge is -2.23. The van der Waals surface area contributed by atoms with Crippen LogP contribution in [-0.4, -0.2) is 61.0 Å². The van der Waals surface area contributed by atoms with Crippen molar-refractivity contribution in [2.45, 2.75) is 24.5 Å². The number of terminal acetylenes is 1. The number of aromatic amines is 1. The smallest absolute Gasteiger partial charge is 0.317 e. The van der Waals surface area contributed by atoms with E-state index in [1.54, 1.807) is 0 Å². The number of rotatable bonds is 6. The number of aromatic nitrogens is 4. The molecule has 26 heavy (non-hydrogen) atoms. The maximum Gasteiger partial charge on any atom is 0.317 e. The van der Waals surface area contributed by atoms with E-state index in [9.17, 15) is 14.5 Å². The summed E-state index contributed by atoms with van der Waals surface area (Å²) in [6.45, 7) is -0.646. The van der Waals surface area contributed by atoms with Gasteiger partial charge in [0.25, 0.3) is 5.56 Å². The van der Waals surface area contributed by atoms with Gasteiger partial charge in [0.1, 0.15) is 24.9 Å². The monoisotopic (exact) mass is 385 g/mol. The molecule has 2 aromatic rings. The number of nitrogens with one attached hydrogen (secondary N) is 1. The maximum atomic E-state index is 11.9. The highest BCUT2D eigenvalue weighted by Gasteiger charge is 2.48. The average molecular weight is 385 g/mol. The van der Waals surface area contributed by atoms with Crippen molar-refractivity contribution in [3.8, 4) is 12.3 Å². The summed E-state index contributed by atoms with van der Waals surface area (Å²) < 4.78 is 28.7.